The number of carboxylic acids is 1. The lowest BCUT2D eigenvalue weighted by molar-refractivity contribution is -0.192. The Bertz CT molecular complexity index is 1030. The van der Waals surface area contributed by atoms with E-state index in [1.165, 1.54) is 5.56 Å². The maximum atomic E-state index is 12.9. The summed E-state index contributed by atoms with van der Waals surface area (Å²) in [6.07, 6.45) is 1.88. The fourth-order valence-electron chi connectivity index (χ4n) is 4.48. The summed E-state index contributed by atoms with van der Waals surface area (Å²) in [6.45, 7) is 5.99. The van der Waals surface area contributed by atoms with Crippen molar-refractivity contribution in [1.82, 2.24) is 19.8 Å². The molecule has 1 aromatic heterocycles. The monoisotopic (exact) mass is 542 g/mol. The van der Waals surface area contributed by atoms with Crippen LogP contribution in [0.2, 0.25) is 5.02 Å². The zero-order valence-corrected chi connectivity index (χ0v) is 21.0. The van der Waals surface area contributed by atoms with Crippen molar-refractivity contribution in [2.75, 3.05) is 57.3 Å². The van der Waals surface area contributed by atoms with E-state index in [1.807, 2.05) is 17.0 Å². The Morgan fingerprint density at radius 3 is 2.11 bits per heavy atom. The molecule has 3 heterocycles. The summed E-state index contributed by atoms with van der Waals surface area (Å²) in [6, 6.07) is 7.99. The molecule has 202 valence electrons. The number of hydrogen-bond donors (Lipinski definition) is 2. The molecule has 0 aliphatic carbocycles. The number of benzene rings is 1. The molecule has 9 nitrogen and oxygen atoms in total. The van der Waals surface area contributed by atoms with Gasteiger partial charge in [-0.1, -0.05) is 23.7 Å². The van der Waals surface area contributed by atoms with Crippen molar-refractivity contribution in [1.29, 1.82) is 0 Å². The smallest absolute Gasteiger partial charge is 0.475 e. The van der Waals surface area contributed by atoms with Crippen LogP contribution in [0.5, 0.6) is 0 Å². The molecule has 0 atom stereocenters. The van der Waals surface area contributed by atoms with Crippen LogP contribution in [-0.4, -0.2) is 95.3 Å². The lowest BCUT2D eigenvalue weighted by atomic mass is 9.73. The fraction of sp³-hybridized carbons (Fsp3) is 0.500. The number of alkyl halides is 3. The van der Waals surface area contributed by atoms with E-state index in [1.54, 1.807) is 18.6 Å². The van der Waals surface area contributed by atoms with Gasteiger partial charge in [-0.25, -0.2) is 9.78 Å². The molecule has 2 aliphatic rings. The van der Waals surface area contributed by atoms with Crippen LogP contribution in [0.3, 0.4) is 0 Å². The van der Waals surface area contributed by atoms with Gasteiger partial charge >= 0.3 is 12.1 Å². The van der Waals surface area contributed by atoms with Gasteiger partial charge < -0.3 is 20.6 Å². The second-order valence-electron chi connectivity index (χ2n) is 9.00. The predicted octanol–water partition coefficient (Wildman–Crippen LogP) is 2.40. The Kier molecular flexibility index (Phi) is 9.68. The molecule has 1 aromatic carbocycles. The molecule has 2 aromatic rings. The minimum Gasteiger partial charge on any atom is -0.475 e. The number of hydrogen-bond acceptors (Lipinski definition) is 7. The first-order valence-corrected chi connectivity index (χ1v) is 12.2. The van der Waals surface area contributed by atoms with E-state index in [0.717, 1.165) is 63.0 Å². The lowest BCUT2D eigenvalue weighted by Gasteiger charge is -2.42. The van der Waals surface area contributed by atoms with E-state index in [0.29, 0.717) is 13.1 Å². The number of carbonyl (C=O) groups is 2. The van der Waals surface area contributed by atoms with Gasteiger partial charge in [0.25, 0.3) is 0 Å². The van der Waals surface area contributed by atoms with Crippen LogP contribution in [0, 0.1) is 0 Å². The Balaban J connectivity index is 0.000000479. The van der Waals surface area contributed by atoms with Crippen molar-refractivity contribution in [3.05, 3.63) is 53.4 Å². The highest BCUT2D eigenvalue weighted by molar-refractivity contribution is 6.30. The maximum Gasteiger partial charge on any atom is 0.490 e. The summed E-state index contributed by atoms with van der Waals surface area (Å²) in [5.74, 6) is -1.64. The van der Waals surface area contributed by atoms with E-state index >= 15 is 0 Å². The minimum atomic E-state index is -5.08. The number of aliphatic carboxylic acids is 1. The fourth-order valence-corrected chi connectivity index (χ4v) is 4.61. The first-order chi connectivity index (χ1) is 17.5. The summed E-state index contributed by atoms with van der Waals surface area (Å²) in [5, 5.41) is 7.86. The van der Waals surface area contributed by atoms with E-state index in [-0.39, 0.29) is 11.3 Å². The van der Waals surface area contributed by atoms with Gasteiger partial charge in [-0.3, -0.25) is 14.7 Å². The van der Waals surface area contributed by atoms with Gasteiger partial charge in [-0.15, -0.1) is 0 Å². The van der Waals surface area contributed by atoms with E-state index in [4.69, 9.17) is 27.2 Å². The SMILES string of the molecule is NCC1(c2ccc(Cl)cc2)CCN(C(=O)CN2CCN(c3cnccn3)CC2)CC1.O=C(O)C(F)(F)F. The molecule has 4 rings (SSSR count). The number of amides is 1. The molecule has 3 N–H and O–H groups in total. The van der Waals surface area contributed by atoms with Crippen LogP contribution < -0.4 is 10.6 Å². The topological polar surface area (TPSA) is 116 Å². The number of piperidine rings is 1. The summed E-state index contributed by atoms with van der Waals surface area (Å²) in [4.78, 5) is 36.8. The molecule has 0 spiro atoms. The van der Waals surface area contributed by atoms with Crippen molar-refractivity contribution in [3.63, 3.8) is 0 Å². The third kappa shape index (κ3) is 7.76. The molecule has 0 unspecified atom stereocenters. The van der Waals surface area contributed by atoms with E-state index in [9.17, 15) is 18.0 Å². The molecule has 0 saturated carbocycles. The molecular formula is C24H30ClF3N6O3. The molecule has 0 bridgehead atoms. The molecule has 1 amide bonds. The van der Waals surface area contributed by atoms with Gasteiger partial charge in [0.1, 0.15) is 5.82 Å². The number of rotatable bonds is 5. The Hall–Kier alpha value is -2.96. The third-order valence-electron chi connectivity index (χ3n) is 6.77. The van der Waals surface area contributed by atoms with Crippen LogP contribution >= 0.6 is 11.6 Å². The second-order valence-corrected chi connectivity index (χ2v) is 9.44. The number of nitrogens with two attached hydrogens (primary N) is 1. The van der Waals surface area contributed by atoms with Crippen LogP contribution in [0.25, 0.3) is 0 Å². The highest BCUT2D eigenvalue weighted by atomic mass is 35.5. The molecular weight excluding hydrogens is 513 g/mol. The van der Waals surface area contributed by atoms with Crippen LogP contribution in [0.15, 0.2) is 42.9 Å². The van der Waals surface area contributed by atoms with Crippen molar-refractivity contribution in [3.8, 4) is 0 Å². The number of anilines is 1. The highest BCUT2D eigenvalue weighted by Gasteiger charge is 2.38. The Labute approximate surface area is 218 Å². The van der Waals surface area contributed by atoms with Gasteiger partial charge in [0, 0.05) is 68.6 Å². The highest BCUT2D eigenvalue weighted by Crippen LogP contribution is 2.35. The Morgan fingerprint density at radius 1 is 1.03 bits per heavy atom. The van der Waals surface area contributed by atoms with Gasteiger partial charge in [-0.2, -0.15) is 13.2 Å². The quantitative estimate of drug-likeness (QED) is 0.592. The largest absolute Gasteiger partial charge is 0.490 e. The predicted molar refractivity (Wildman–Crippen MR) is 132 cm³/mol. The number of carbonyl (C=O) groups excluding carboxylic acids is 1. The third-order valence-corrected chi connectivity index (χ3v) is 7.02. The van der Waals surface area contributed by atoms with Crippen molar-refractivity contribution < 1.29 is 27.9 Å². The average molecular weight is 543 g/mol. The van der Waals surface area contributed by atoms with Crippen molar-refractivity contribution in [2.45, 2.75) is 24.4 Å². The van der Waals surface area contributed by atoms with Crippen LogP contribution in [0.4, 0.5) is 19.0 Å². The molecule has 13 heteroatoms. The summed E-state index contributed by atoms with van der Waals surface area (Å²) >= 11 is 6.04. The first-order valence-electron chi connectivity index (χ1n) is 11.8. The second kappa shape index (κ2) is 12.5. The van der Waals surface area contributed by atoms with E-state index in [2.05, 4.69) is 31.9 Å². The molecule has 2 aliphatic heterocycles. The normalized spacial score (nSPS) is 18.1. The number of nitrogens with zero attached hydrogens (tertiary/aromatic N) is 5. The molecule has 2 saturated heterocycles. The molecule has 0 radical (unpaired) electrons. The summed E-state index contributed by atoms with van der Waals surface area (Å²) < 4.78 is 31.7. The van der Waals surface area contributed by atoms with Crippen molar-refractivity contribution in [2.24, 2.45) is 5.73 Å². The first kappa shape index (κ1) is 28.6. The van der Waals surface area contributed by atoms with Crippen LogP contribution in [0.1, 0.15) is 18.4 Å². The number of piperazine rings is 1. The average Bonchev–Trinajstić information content (AvgIpc) is 2.90. The maximum absolute atomic E-state index is 12.9. The lowest BCUT2D eigenvalue weighted by Crippen LogP contribution is -2.53. The standard InChI is InChI=1S/C22H29ClN6O.C2HF3O2/c23-19-3-1-18(2-4-19)22(17-24)5-9-29(10-6-22)21(30)16-27-11-13-28(14-12-27)20-15-25-7-8-26-20;3-2(4,5)1(6)7/h1-4,7-8,15H,5-6,9-14,16-17,24H2;(H,6,7). The minimum absolute atomic E-state index is 0.0658. The van der Waals surface area contributed by atoms with E-state index < -0.39 is 12.1 Å². The summed E-state index contributed by atoms with van der Waals surface area (Å²) in [7, 11) is 0. The number of carboxylic acid groups (broad SMARTS) is 1. The van der Waals surface area contributed by atoms with Crippen LogP contribution in [-0.2, 0) is 15.0 Å². The molecule has 2 fully saturated rings. The van der Waals surface area contributed by atoms with Crippen molar-refractivity contribution >= 4 is 29.3 Å². The zero-order chi connectivity index (χ0) is 27.1. The molecule has 37 heavy (non-hydrogen) atoms. The number of aromatic nitrogens is 2. The number of likely N-dealkylation sites (tertiary alicyclic amines) is 1. The zero-order valence-electron chi connectivity index (χ0n) is 20.2. The summed E-state index contributed by atoms with van der Waals surface area (Å²) in [5.41, 5.74) is 7.34. The Morgan fingerprint density at radius 2 is 1.62 bits per heavy atom. The number of halogens is 4. The van der Waals surface area contributed by atoms with Gasteiger partial charge in [0.05, 0.1) is 12.7 Å². The van der Waals surface area contributed by atoms with Gasteiger partial charge in [0.15, 0.2) is 0 Å². The van der Waals surface area contributed by atoms with Gasteiger partial charge in [-0.05, 0) is 30.5 Å². The van der Waals surface area contributed by atoms with Gasteiger partial charge in [0.2, 0.25) is 5.91 Å².